The zero-order valence-electron chi connectivity index (χ0n) is 11.6. The Morgan fingerprint density at radius 2 is 1.91 bits per heavy atom. The first kappa shape index (κ1) is 14.2. The Morgan fingerprint density at radius 1 is 1.09 bits per heavy atom. The van der Waals surface area contributed by atoms with Gasteiger partial charge in [-0.05, 0) is 24.3 Å². The standard InChI is InChI=1S/C15H14ClN5O/c16-11-5-1-2-6-12(11)21-15-13(17)14(19-9-20-15)18-8-10-4-3-7-22-10/h1-7,9H,8,17H2,(H2,18,19,20,21). The fourth-order valence-electron chi connectivity index (χ4n) is 1.91. The van der Waals surface area contributed by atoms with E-state index in [0.717, 1.165) is 11.4 Å². The molecule has 3 aromatic rings. The molecule has 0 atom stereocenters. The van der Waals surface area contributed by atoms with Gasteiger partial charge in [0, 0.05) is 0 Å². The number of para-hydroxylation sites is 1. The second-order valence-electron chi connectivity index (χ2n) is 4.52. The van der Waals surface area contributed by atoms with Crippen LogP contribution in [0.5, 0.6) is 0 Å². The maximum atomic E-state index is 6.12. The molecule has 0 aliphatic carbocycles. The SMILES string of the molecule is Nc1c(NCc2ccco2)ncnc1Nc1ccccc1Cl. The Kier molecular flexibility index (Phi) is 4.11. The zero-order chi connectivity index (χ0) is 15.4. The van der Waals surface area contributed by atoms with Crippen molar-refractivity contribution in [2.75, 3.05) is 16.4 Å². The second kappa shape index (κ2) is 6.36. The molecule has 1 aromatic carbocycles. The molecule has 0 unspecified atom stereocenters. The third-order valence-corrected chi connectivity index (χ3v) is 3.35. The minimum Gasteiger partial charge on any atom is -0.467 e. The summed E-state index contributed by atoms with van der Waals surface area (Å²) in [5, 5.41) is 6.80. The van der Waals surface area contributed by atoms with E-state index in [1.165, 1.54) is 6.33 Å². The smallest absolute Gasteiger partial charge is 0.159 e. The van der Waals surface area contributed by atoms with Crippen molar-refractivity contribution in [1.82, 2.24) is 9.97 Å². The number of halogens is 1. The fraction of sp³-hybridized carbons (Fsp3) is 0.0667. The molecule has 0 amide bonds. The molecular formula is C15H14ClN5O. The third-order valence-electron chi connectivity index (χ3n) is 3.02. The number of hydrogen-bond donors (Lipinski definition) is 3. The number of nitrogens with two attached hydrogens (primary N) is 1. The Hall–Kier alpha value is -2.73. The number of hydrogen-bond acceptors (Lipinski definition) is 6. The molecule has 2 aromatic heterocycles. The minimum absolute atomic E-state index is 0.411. The van der Waals surface area contributed by atoms with Crippen LogP contribution in [0.4, 0.5) is 23.0 Å². The number of rotatable bonds is 5. The summed E-state index contributed by atoms with van der Waals surface area (Å²) in [7, 11) is 0. The van der Waals surface area contributed by atoms with Gasteiger partial charge in [-0.1, -0.05) is 23.7 Å². The van der Waals surface area contributed by atoms with Crippen molar-refractivity contribution in [2.45, 2.75) is 6.54 Å². The van der Waals surface area contributed by atoms with Gasteiger partial charge in [-0.3, -0.25) is 0 Å². The summed E-state index contributed by atoms with van der Waals surface area (Å²) >= 11 is 6.12. The lowest BCUT2D eigenvalue weighted by molar-refractivity contribution is 0.518. The van der Waals surface area contributed by atoms with Gasteiger partial charge in [0.1, 0.15) is 17.8 Å². The lowest BCUT2D eigenvalue weighted by atomic mass is 10.3. The number of furan rings is 1. The van der Waals surface area contributed by atoms with Crippen LogP contribution in [-0.2, 0) is 6.54 Å². The summed E-state index contributed by atoms with van der Waals surface area (Å²) in [6.45, 7) is 0.486. The van der Waals surface area contributed by atoms with Crippen LogP contribution in [0.15, 0.2) is 53.4 Å². The highest BCUT2D eigenvalue weighted by Gasteiger charge is 2.10. The molecule has 0 bridgehead atoms. The van der Waals surface area contributed by atoms with E-state index >= 15 is 0 Å². The highest BCUT2D eigenvalue weighted by Crippen LogP contribution is 2.29. The minimum atomic E-state index is 0.411. The largest absolute Gasteiger partial charge is 0.467 e. The predicted molar refractivity (Wildman–Crippen MR) is 87.2 cm³/mol. The molecule has 0 saturated carbocycles. The molecule has 0 fully saturated rings. The van der Waals surface area contributed by atoms with E-state index in [0.29, 0.717) is 28.9 Å². The average Bonchev–Trinajstić information content (AvgIpc) is 3.04. The number of benzene rings is 1. The van der Waals surface area contributed by atoms with Gasteiger partial charge in [-0.15, -0.1) is 0 Å². The van der Waals surface area contributed by atoms with Crippen molar-refractivity contribution in [3.05, 3.63) is 59.8 Å². The summed E-state index contributed by atoms with van der Waals surface area (Å²) in [5.74, 6) is 1.81. The van der Waals surface area contributed by atoms with Crippen molar-refractivity contribution < 1.29 is 4.42 Å². The summed E-state index contributed by atoms with van der Waals surface area (Å²) in [5.41, 5.74) is 7.24. The molecule has 112 valence electrons. The van der Waals surface area contributed by atoms with Crippen molar-refractivity contribution in [3.63, 3.8) is 0 Å². The Balaban J connectivity index is 1.78. The van der Waals surface area contributed by atoms with Gasteiger partial charge >= 0.3 is 0 Å². The summed E-state index contributed by atoms with van der Waals surface area (Å²) in [6.07, 6.45) is 3.05. The van der Waals surface area contributed by atoms with Crippen LogP contribution in [0.2, 0.25) is 5.02 Å². The normalized spacial score (nSPS) is 10.4. The Labute approximate surface area is 132 Å². The van der Waals surface area contributed by atoms with Crippen LogP contribution in [0.1, 0.15) is 5.76 Å². The van der Waals surface area contributed by atoms with Crippen LogP contribution >= 0.6 is 11.6 Å². The van der Waals surface area contributed by atoms with Crippen LogP contribution in [0.3, 0.4) is 0 Å². The topological polar surface area (TPSA) is 89.0 Å². The number of anilines is 4. The first-order valence-electron chi connectivity index (χ1n) is 6.62. The van der Waals surface area contributed by atoms with Crippen molar-refractivity contribution in [3.8, 4) is 0 Å². The molecule has 0 radical (unpaired) electrons. The number of nitrogens with one attached hydrogen (secondary N) is 2. The first-order valence-corrected chi connectivity index (χ1v) is 7.00. The van der Waals surface area contributed by atoms with Crippen molar-refractivity contribution in [2.24, 2.45) is 0 Å². The van der Waals surface area contributed by atoms with E-state index in [2.05, 4.69) is 20.6 Å². The van der Waals surface area contributed by atoms with Crippen LogP contribution in [0.25, 0.3) is 0 Å². The molecule has 2 heterocycles. The molecule has 6 nitrogen and oxygen atoms in total. The van der Waals surface area contributed by atoms with Crippen molar-refractivity contribution in [1.29, 1.82) is 0 Å². The lowest BCUT2D eigenvalue weighted by Crippen LogP contribution is -2.07. The number of nitrogens with zero attached hydrogens (tertiary/aromatic N) is 2. The van der Waals surface area contributed by atoms with Gasteiger partial charge in [0.25, 0.3) is 0 Å². The van der Waals surface area contributed by atoms with Gasteiger partial charge in [0.05, 0.1) is 23.5 Å². The molecule has 0 aliphatic heterocycles. The number of aromatic nitrogens is 2. The van der Waals surface area contributed by atoms with E-state index in [9.17, 15) is 0 Å². The average molecular weight is 316 g/mol. The van der Waals surface area contributed by atoms with Gasteiger partial charge in [0.2, 0.25) is 0 Å². The molecule has 0 spiro atoms. The summed E-state index contributed by atoms with van der Waals surface area (Å²) in [4.78, 5) is 8.29. The van der Waals surface area contributed by atoms with E-state index in [1.54, 1.807) is 12.3 Å². The molecule has 22 heavy (non-hydrogen) atoms. The van der Waals surface area contributed by atoms with Crippen LogP contribution in [-0.4, -0.2) is 9.97 Å². The quantitative estimate of drug-likeness (QED) is 0.666. The lowest BCUT2D eigenvalue weighted by Gasteiger charge is -2.12. The van der Waals surface area contributed by atoms with Crippen LogP contribution < -0.4 is 16.4 Å². The zero-order valence-corrected chi connectivity index (χ0v) is 12.3. The molecule has 7 heteroatoms. The van der Waals surface area contributed by atoms with Gasteiger partial charge < -0.3 is 20.8 Å². The van der Waals surface area contributed by atoms with E-state index < -0.39 is 0 Å². The highest BCUT2D eigenvalue weighted by atomic mass is 35.5. The van der Waals surface area contributed by atoms with E-state index in [4.69, 9.17) is 21.8 Å². The van der Waals surface area contributed by atoms with Gasteiger partial charge in [0.15, 0.2) is 11.6 Å². The van der Waals surface area contributed by atoms with Gasteiger partial charge in [-0.2, -0.15) is 0 Å². The molecule has 4 N–H and O–H groups in total. The summed E-state index contributed by atoms with van der Waals surface area (Å²) < 4.78 is 5.26. The third kappa shape index (κ3) is 3.12. The highest BCUT2D eigenvalue weighted by molar-refractivity contribution is 6.33. The predicted octanol–water partition coefficient (Wildman–Crippen LogP) is 3.66. The maximum Gasteiger partial charge on any atom is 0.159 e. The molecule has 0 saturated heterocycles. The second-order valence-corrected chi connectivity index (χ2v) is 4.93. The first-order chi connectivity index (χ1) is 10.7. The van der Waals surface area contributed by atoms with E-state index in [-0.39, 0.29) is 0 Å². The van der Waals surface area contributed by atoms with Gasteiger partial charge in [-0.25, -0.2) is 9.97 Å². The maximum absolute atomic E-state index is 6.12. The monoisotopic (exact) mass is 315 g/mol. The van der Waals surface area contributed by atoms with Crippen LogP contribution in [0, 0.1) is 0 Å². The molecule has 0 aliphatic rings. The fourth-order valence-corrected chi connectivity index (χ4v) is 2.09. The summed E-state index contributed by atoms with van der Waals surface area (Å²) in [6, 6.07) is 11.1. The molecular weight excluding hydrogens is 302 g/mol. The Morgan fingerprint density at radius 3 is 2.68 bits per heavy atom. The molecule has 3 rings (SSSR count). The van der Waals surface area contributed by atoms with E-state index in [1.807, 2.05) is 30.3 Å². The Bertz CT molecular complexity index is 760. The number of nitrogen functional groups attached to an aromatic ring is 1. The van der Waals surface area contributed by atoms with Crippen molar-refractivity contribution >= 4 is 34.6 Å².